The SMILES string of the molecule is Cc1ccc(C)c(NC(=O)[C@@H](NC(=O)c2ccccc2Cl)C(C)C)c1. The maximum absolute atomic E-state index is 12.7. The number of halogens is 1. The highest BCUT2D eigenvalue weighted by Gasteiger charge is 2.25. The van der Waals surface area contributed by atoms with E-state index in [1.807, 2.05) is 45.9 Å². The van der Waals surface area contributed by atoms with E-state index in [0.29, 0.717) is 10.6 Å². The zero-order valence-corrected chi connectivity index (χ0v) is 15.6. The summed E-state index contributed by atoms with van der Waals surface area (Å²) in [7, 11) is 0. The van der Waals surface area contributed by atoms with Crippen LogP contribution in [0.3, 0.4) is 0 Å². The van der Waals surface area contributed by atoms with Crippen molar-refractivity contribution in [2.45, 2.75) is 33.7 Å². The summed E-state index contributed by atoms with van der Waals surface area (Å²) >= 11 is 6.07. The van der Waals surface area contributed by atoms with Crippen LogP contribution in [0.1, 0.15) is 35.3 Å². The second kappa shape index (κ2) is 8.17. The Kier molecular flexibility index (Phi) is 6.21. The van der Waals surface area contributed by atoms with E-state index in [1.54, 1.807) is 24.3 Å². The molecular weight excluding hydrogens is 336 g/mol. The third kappa shape index (κ3) is 4.83. The van der Waals surface area contributed by atoms with E-state index in [9.17, 15) is 9.59 Å². The number of anilines is 1. The molecule has 0 fully saturated rings. The van der Waals surface area contributed by atoms with E-state index in [0.717, 1.165) is 16.8 Å². The highest BCUT2D eigenvalue weighted by Crippen LogP contribution is 2.19. The van der Waals surface area contributed by atoms with Gasteiger partial charge in [0.25, 0.3) is 5.91 Å². The van der Waals surface area contributed by atoms with E-state index < -0.39 is 6.04 Å². The van der Waals surface area contributed by atoms with Crippen LogP contribution in [-0.4, -0.2) is 17.9 Å². The summed E-state index contributed by atoms with van der Waals surface area (Å²) < 4.78 is 0. The fraction of sp³-hybridized carbons (Fsp3) is 0.300. The maximum atomic E-state index is 12.7. The van der Waals surface area contributed by atoms with Crippen LogP contribution in [0.4, 0.5) is 5.69 Å². The summed E-state index contributed by atoms with van der Waals surface area (Å²) in [6, 6.07) is 12.0. The second-order valence-electron chi connectivity index (χ2n) is 6.48. The maximum Gasteiger partial charge on any atom is 0.253 e. The number of hydrogen-bond donors (Lipinski definition) is 2. The molecule has 2 aromatic rings. The van der Waals surface area contributed by atoms with Crippen LogP contribution in [0.15, 0.2) is 42.5 Å². The van der Waals surface area contributed by atoms with Gasteiger partial charge in [0.15, 0.2) is 0 Å². The molecule has 2 aromatic carbocycles. The topological polar surface area (TPSA) is 58.2 Å². The molecular formula is C20H23ClN2O2. The summed E-state index contributed by atoms with van der Waals surface area (Å²) in [5.74, 6) is -0.680. The Labute approximate surface area is 153 Å². The predicted octanol–water partition coefficient (Wildman–Crippen LogP) is 4.35. The largest absolute Gasteiger partial charge is 0.340 e. The molecule has 0 aromatic heterocycles. The molecule has 5 heteroatoms. The van der Waals surface area contributed by atoms with Crippen molar-refractivity contribution >= 4 is 29.1 Å². The van der Waals surface area contributed by atoms with Crippen molar-refractivity contribution < 1.29 is 9.59 Å². The highest BCUT2D eigenvalue weighted by atomic mass is 35.5. The summed E-state index contributed by atoms with van der Waals surface area (Å²) in [5.41, 5.74) is 3.14. The van der Waals surface area contributed by atoms with Gasteiger partial charge in [-0.05, 0) is 49.1 Å². The van der Waals surface area contributed by atoms with Gasteiger partial charge in [-0.25, -0.2) is 0 Å². The Morgan fingerprint density at radius 1 is 1.04 bits per heavy atom. The van der Waals surface area contributed by atoms with E-state index in [1.165, 1.54) is 0 Å². The molecule has 0 aliphatic heterocycles. The first-order valence-corrected chi connectivity index (χ1v) is 8.61. The van der Waals surface area contributed by atoms with Crippen molar-refractivity contribution in [1.82, 2.24) is 5.32 Å². The number of benzene rings is 2. The Morgan fingerprint density at radius 3 is 2.36 bits per heavy atom. The Balaban J connectivity index is 2.17. The van der Waals surface area contributed by atoms with Gasteiger partial charge < -0.3 is 10.6 Å². The van der Waals surface area contributed by atoms with Crippen molar-refractivity contribution in [1.29, 1.82) is 0 Å². The molecule has 0 spiro atoms. The third-order valence-electron chi connectivity index (χ3n) is 4.01. The zero-order valence-electron chi connectivity index (χ0n) is 14.9. The average Bonchev–Trinajstić information content (AvgIpc) is 2.55. The summed E-state index contributed by atoms with van der Waals surface area (Å²) in [6.45, 7) is 7.68. The normalized spacial score (nSPS) is 11.9. The smallest absolute Gasteiger partial charge is 0.253 e. The lowest BCUT2D eigenvalue weighted by molar-refractivity contribution is -0.118. The van der Waals surface area contributed by atoms with Gasteiger partial charge in [0.1, 0.15) is 6.04 Å². The quantitative estimate of drug-likeness (QED) is 0.834. The van der Waals surface area contributed by atoms with Crippen LogP contribution in [0.2, 0.25) is 5.02 Å². The van der Waals surface area contributed by atoms with Gasteiger partial charge in [-0.2, -0.15) is 0 Å². The molecule has 2 N–H and O–H groups in total. The van der Waals surface area contributed by atoms with Gasteiger partial charge in [-0.3, -0.25) is 9.59 Å². The fourth-order valence-electron chi connectivity index (χ4n) is 2.48. The molecule has 0 saturated carbocycles. The van der Waals surface area contributed by atoms with E-state index >= 15 is 0 Å². The first kappa shape index (κ1) is 19.0. The first-order valence-electron chi connectivity index (χ1n) is 8.23. The molecule has 0 aliphatic carbocycles. The van der Waals surface area contributed by atoms with Crippen LogP contribution in [0, 0.1) is 19.8 Å². The molecule has 0 unspecified atom stereocenters. The molecule has 25 heavy (non-hydrogen) atoms. The molecule has 2 amide bonds. The zero-order chi connectivity index (χ0) is 18.6. The van der Waals surface area contributed by atoms with E-state index in [2.05, 4.69) is 10.6 Å². The van der Waals surface area contributed by atoms with Crippen LogP contribution in [0.5, 0.6) is 0 Å². The Bertz CT molecular complexity index is 787. The summed E-state index contributed by atoms with van der Waals surface area (Å²) in [5, 5.41) is 6.07. The van der Waals surface area contributed by atoms with Gasteiger partial charge >= 0.3 is 0 Å². The van der Waals surface area contributed by atoms with Crippen molar-refractivity contribution in [3.8, 4) is 0 Å². The fourth-order valence-corrected chi connectivity index (χ4v) is 2.70. The van der Waals surface area contributed by atoms with Crippen molar-refractivity contribution in [3.63, 3.8) is 0 Å². The van der Waals surface area contributed by atoms with Crippen molar-refractivity contribution in [2.75, 3.05) is 5.32 Å². The molecule has 1 atom stereocenters. The van der Waals surface area contributed by atoms with Crippen LogP contribution >= 0.6 is 11.6 Å². The molecule has 0 heterocycles. The lowest BCUT2D eigenvalue weighted by Crippen LogP contribution is -2.47. The molecule has 0 saturated heterocycles. The van der Waals surface area contributed by atoms with Crippen molar-refractivity contribution in [2.24, 2.45) is 5.92 Å². The van der Waals surface area contributed by atoms with Gasteiger partial charge in [0, 0.05) is 5.69 Å². The van der Waals surface area contributed by atoms with Gasteiger partial charge in [-0.15, -0.1) is 0 Å². The molecule has 0 bridgehead atoms. The minimum absolute atomic E-state index is 0.0726. The van der Waals surface area contributed by atoms with Crippen LogP contribution in [-0.2, 0) is 4.79 Å². The number of amides is 2. The van der Waals surface area contributed by atoms with Gasteiger partial charge in [0.2, 0.25) is 5.91 Å². The number of hydrogen-bond acceptors (Lipinski definition) is 2. The predicted molar refractivity (Wildman–Crippen MR) is 102 cm³/mol. The Hall–Kier alpha value is -2.33. The summed E-state index contributed by atoms with van der Waals surface area (Å²) in [6.07, 6.45) is 0. The summed E-state index contributed by atoms with van der Waals surface area (Å²) in [4.78, 5) is 25.2. The van der Waals surface area contributed by atoms with Gasteiger partial charge in [0.05, 0.1) is 10.6 Å². The average molecular weight is 359 g/mol. The van der Waals surface area contributed by atoms with Crippen LogP contribution < -0.4 is 10.6 Å². The van der Waals surface area contributed by atoms with E-state index in [-0.39, 0.29) is 17.7 Å². The van der Waals surface area contributed by atoms with Crippen molar-refractivity contribution in [3.05, 3.63) is 64.2 Å². The second-order valence-corrected chi connectivity index (χ2v) is 6.89. The highest BCUT2D eigenvalue weighted by molar-refractivity contribution is 6.33. The molecule has 2 rings (SSSR count). The standard InChI is InChI=1S/C20H23ClN2O2/c1-12(2)18(23-19(24)15-7-5-6-8-16(15)21)20(25)22-17-11-13(3)9-10-14(17)4/h5-12,18H,1-4H3,(H,22,25)(H,23,24)/t18-/m0/s1. The monoisotopic (exact) mass is 358 g/mol. The lowest BCUT2D eigenvalue weighted by atomic mass is 10.0. The molecule has 0 aliphatic rings. The number of nitrogens with one attached hydrogen (secondary N) is 2. The minimum atomic E-state index is -0.663. The number of carbonyl (C=O) groups is 2. The lowest BCUT2D eigenvalue weighted by Gasteiger charge is -2.22. The number of rotatable bonds is 5. The van der Waals surface area contributed by atoms with Crippen LogP contribution in [0.25, 0.3) is 0 Å². The molecule has 132 valence electrons. The Morgan fingerprint density at radius 2 is 1.72 bits per heavy atom. The molecule has 4 nitrogen and oxygen atoms in total. The number of carbonyl (C=O) groups excluding carboxylic acids is 2. The van der Waals surface area contributed by atoms with Gasteiger partial charge in [-0.1, -0.05) is 49.7 Å². The molecule has 0 radical (unpaired) electrons. The van der Waals surface area contributed by atoms with E-state index in [4.69, 9.17) is 11.6 Å². The minimum Gasteiger partial charge on any atom is -0.340 e. The number of aryl methyl sites for hydroxylation is 2. The third-order valence-corrected chi connectivity index (χ3v) is 4.33. The first-order chi connectivity index (χ1) is 11.8.